The van der Waals surface area contributed by atoms with Gasteiger partial charge in [0.1, 0.15) is 0 Å². The third kappa shape index (κ3) is 4.40. The minimum Gasteiger partial charge on any atom is -0.0991 e. The van der Waals surface area contributed by atoms with Gasteiger partial charge in [-0.25, -0.2) is 0 Å². The highest BCUT2D eigenvalue weighted by Crippen LogP contribution is 2.48. The largest absolute Gasteiger partial charge is 0.152 e. The van der Waals surface area contributed by atoms with Crippen LogP contribution in [-0.2, 0) is 0 Å². The molecule has 4 rings (SSSR count). The lowest BCUT2D eigenvalue weighted by Crippen LogP contribution is -2.71. The maximum absolute atomic E-state index is 5.07. The fourth-order valence-electron chi connectivity index (χ4n) is 6.87. The van der Waals surface area contributed by atoms with Gasteiger partial charge in [-0.2, -0.15) is 0 Å². The first-order valence-electron chi connectivity index (χ1n) is 13.6. The molecular weight excluding hydrogens is 489 g/mol. The SMILES string of the molecule is C=C(C(=C)[Si](c1ccccc1)(c1ccccc1)C(C)(C)C)[Si](c1ccccc1)(c1ccccc1)C(C)(C)C. The molecule has 4 aromatic carbocycles. The normalized spacial score (nSPS) is 12.7. The van der Waals surface area contributed by atoms with Crippen LogP contribution in [0.5, 0.6) is 0 Å². The van der Waals surface area contributed by atoms with E-state index >= 15 is 0 Å². The summed E-state index contributed by atoms with van der Waals surface area (Å²) in [5.41, 5.74) is 0. The van der Waals surface area contributed by atoms with E-state index in [2.05, 4.69) is 163 Å². The fourth-order valence-corrected chi connectivity index (χ4v) is 19.0. The quantitative estimate of drug-likeness (QED) is 0.174. The highest BCUT2D eigenvalue weighted by atomic mass is 28.3. The first-order valence-corrected chi connectivity index (χ1v) is 17.6. The van der Waals surface area contributed by atoms with Gasteiger partial charge in [0.2, 0.25) is 0 Å². The average molecular weight is 531 g/mol. The van der Waals surface area contributed by atoms with Crippen LogP contribution in [0.4, 0.5) is 0 Å². The van der Waals surface area contributed by atoms with Gasteiger partial charge in [-0.1, -0.05) is 186 Å². The van der Waals surface area contributed by atoms with Gasteiger partial charge in [0.05, 0.1) is 0 Å². The minimum absolute atomic E-state index is 0.0405. The average Bonchev–Trinajstić information content (AvgIpc) is 2.90. The molecule has 0 aliphatic carbocycles. The summed E-state index contributed by atoms with van der Waals surface area (Å²) in [5, 5.41) is 7.98. The molecule has 194 valence electrons. The third-order valence-electron chi connectivity index (χ3n) is 8.35. The monoisotopic (exact) mass is 530 g/mol. The molecule has 0 N–H and O–H groups in total. The molecule has 0 aromatic heterocycles. The van der Waals surface area contributed by atoms with Crippen molar-refractivity contribution in [2.75, 3.05) is 0 Å². The van der Waals surface area contributed by atoms with Crippen molar-refractivity contribution < 1.29 is 0 Å². The molecule has 0 nitrogen and oxygen atoms in total. The Labute approximate surface area is 232 Å². The van der Waals surface area contributed by atoms with E-state index in [-0.39, 0.29) is 10.1 Å². The van der Waals surface area contributed by atoms with Crippen molar-refractivity contribution >= 4 is 36.9 Å². The number of benzene rings is 4. The van der Waals surface area contributed by atoms with E-state index in [0.29, 0.717) is 0 Å². The van der Waals surface area contributed by atoms with E-state index in [1.807, 2.05) is 0 Å². The van der Waals surface area contributed by atoms with Crippen LogP contribution in [-0.4, -0.2) is 16.1 Å². The summed E-state index contributed by atoms with van der Waals surface area (Å²) in [6, 6.07) is 44.6. The molecule has 0 radical (unpaired) electrons. The lowest BCUT2D eigenvalue weighted by Gasteiger charge is -2.52. The van der Waals surface area contributed by atoms with Gasteiger partial charge in [-0.3, -0.25) is 0 Å². The summed E-state index contributed by atoms with van der Waals surface area (Å²) in [7, 11) is -5.26. The zero-order valence-corrected chi connectivity index (χ0v) is 26.0. The van der Waals surface area contributed by atoms with E-state index in [1.54, 1.807) is 0 Å². The Morgan fingerprint density at radius 1 is 0.395 bits per heavy atom. The maximum atomic E-state index is 5.07. The van der Waals surface area contributed by atoms with Gasteiger partial charge in [0, 0.05) is 0 Å². The molecule has 0 saturated carbocycles. The predicted molar refractivity (Wildman–Crippen MR) is 174 cm³/mol. The first-order chi connectivity index (χ1) is 18.0. The molecule has 0 aliphatic rings. The van der Waals surface area contributed by atoms with Crippen molar-refractivity contribution in [1.29, 1.82) is 0 Å². The molecule has 0 heterocycles. The summed E-state index contributed by atoms with van der Waals surface area (Å²) in [6.45, 7) is 24.6. The van der Waals surface area contributed by atoms with Crippen molar-refractivity contribution in [2.45, 2.75) is 51.6 Å². The molecule has 0 fully saturated rings. The molecule has 0 aliphatic heterocycles. The van der Waals surface area contributed by atoms with Crippen LogP contribution in [0.25, 0.3) is 0 Å². The Balaban J connectivity index is 2.12. The first kappa shape index (κ1) is 27.8. The highest BCUT2D eigenvalue weighted by Gasteiger charge is 2.57. The summed E-state index contributed by atoms with van der Waals surface area (Å²) >= 11 is 0. The van der Waals surface area contributed by atoms with E-state index in [4.69, 9.17) is 13.2 Å². The van der Waals surface area contributed by atoms with Crippen LogP contribution in [0, 0.1) is 0 Å². The summed E-state index contributed by atoms with van der Waals surface area (Å²) in [4.78, 5) is 0. The molecule has 0 bridgehead atoms. The predicted octanol–water partition coefficient (Wildman–Crippen LogP) is 7.30. The van der Waals surface area contributed by atoms with Gasteiger partial charge in [0.25, 0.3) is 0 Å². The zero-order valence-electron chi connectivity index (χ0n) is 24.0. The van der Waals surface area contributed by atoms with Crippen LogP contribution in [0.1, 0.15) is 41.5 Å². The summed E-state index contributed by atoms with van der Waals surface area (Å²) in [5.74, 6) is 0. The fraction of sp³-hybridized carbons (Fsp3) is 0.222. The lowest BCUT2D eigenvalue weighted by atomic mass is 10.2. The molecule has 0 unspecified atom stereocenters. The van der Waals surface area contributed by atoms with Crippen molar-refractivity contribution in [3.63, 3.8) is 0 Å². The van der Waals surface area contributed by atoms with Gasteiger partial charge in [-0.15, -0.1) is 0 Å². The van der Waals surface area contributed by atoms with E-state index in [0.717, 1.165) is 0 Å². The van der Waals surface area contributed by atoms with E-state index in [1.165, 1.54) is 31.1 Å². The van der Waals surface area contributed by atoms with Crippen molar-refractivity contribution in [3.8, 4) is 0 Å². The van der Waals surface area contributed by atoms with Gasteiger partial charge in [-0.05, 0) is 30.8 Å². The van der Waals surface area contributed by atoms with Gasteiger partial charge < -0.3 is 0 Å². The molecule has 2 heteroatoms. The Hall–Kier alpha value is -3.21. The van der Waals surface area contributed by atoms with E-state index < -0.39 is 16.1 Å². The second kappa shape index (κ2) is 10.5. The number of rotatable bonds is 7. The number of allylic oxidation sites excluding steroid dienone is 2. The Kier molecular flexibility index (Phi) is 7.70. The Bertz CT molecular complexity index is 1180. The molecular formula is C36H42Si2. The summed E-state index contributed by atoms with van der Waals surface area (Å²) < 4.78 is 0. The molecule has 0 saturated heterocycles. The third-order valence-corrected chi connectivity index (χ3v) is 20.3. The molecule has 4 aromatic rings. The zero-order chi connectivity index (χ0) is 27.6. The topological polar surface area (TPSA) is 0 Å². The van der Waals surface area contributed by atoms with Crippen LogP contribution in [0.2, 0.25) is 10.1 Å². The molecule has 38 heavy (non-hydrogen) atoms. The van der Waals surface area contributed by atoms with Gasteiger partial charge in [0.15, 0.2) is 16.1 Å². The molecule has 0 amide bonds. The standard InChI is InChI=1S/C36H42Si2/c1-29(37(35(3,4)5,31-21-13-9-14-22-31)32-23-15-10-16-24-32)30(2)38(36(6,7)8,33-25-17-11-18-26-33)34-27-19-12-20-28-34/h9-28H,1-2H2,3-8H3. The van der Waals surface area contributed by atoms with E-state index in [9.17, 15) is 0 Å². The van der Waals surface area contributed by atoms with Gasteiger partial charge >= 0.3 is 0 Å². The van der Waals surface area contributed by atoms with Crippen LogP contribution < -0.4 is 20.7 Å². The second-order valence-corrected chi connectivity index (χ2v) is 21.9. The highest BCUT2D eigenvalue weighted by molar-refractivity contribution is 7.16. The summed E-state index contributed by atoms with van der Waals surface area (Å²) in [6.07, 6.45) is 0. The smallest absolute Gasteiger partial charge is 0.0991 e. The second-order valence-electron chi connectivity index (χ2n) is 12.4. The molecule has 0 atom stereocenters. The van der Waals surface area contributed by atoms with Crippen LogP contribution in [0.15, 0.2) is 145 Å². The molecule has 0 spiro atoms. The van der Waals surface area contributed by atoms with Crippen molar-refractivity contribution in [1.82, 2.24) is 0 Å². The lowest BCUT2D eigenvalue weighted by molar-refractivity contribution is 0.730. The minimum atomic E-state index is -2.63. The van der Waals surface area contributed by atoms with Crippen molar-refractivity contribution in [3.05, 3.63) is 145 Å². The Morgan fingerprint density at radius 2 is 0.579 bits per heavy atom. The maximum Gasteiger partial charge on any atom is 0.152 e. The van der Waals surface area contributed by atoms with Crippen LogP contribution in [0.3, 0.4) is 0 Å². The van der Waals surface area contributed by atoms with Crippen molar-refractivity contribution in [2.24, 2.45) is 0 Å². The Morgan fingerprint density at radius 3 is 0.737 bits per heavy atom. The number of hydrogen-bond acceptors (Lipinski definition) is 0. The van der Waals surface area contributed by atoms with Crippen LogP contribution >= 0.6 is 0 Å². The number of hydrogen-bond donors (Lipinski definition) is 0.